The summed E-state index contributed by atoms with van der Waals surface area (Å²) >= 11 is 0. The topological polar surface area (TPSA) is 16.1 Å². The van der Waals surface area contributed by atoms with Gasteiger partial charge in [0.2, 0.25) is 0 Å². The quantitative estimate of drug-likeness (QED) is 0.308. The zero-order valence-corrected chi connectivity index (χ0v) is 15.7. The maximum Gasteiger partial charge on any atom is 0.433 e. The standard InChI is InChI=1S/C23H14F6N2/c24-22(25,26)19-14-21(23(27,28)29)30-20-13-17(11-12-18(19)20)31(15-7-3-1-4-8-15)16-9-5-2-6-10-16/h1-14H. The molecule has 0 bridgehead atoms. The predicted molar refractivity (Wildman–Crippen MR) is 106 cm³/mol. The molecule has 1 aromatic heterocycles. The van der Waals surface area contributed by atoms with Gasteiger partial charge in [0.15, 0.2) is 0 Å². The van der Waals surface area contributed by atoms with Crippen molar-refractivity contribution in [3.63, 3.8) is 0 Å². The van der Waals surface area contributed by atoms with Crippen LogP contribution < -0.4 is 4.90 Å². The monoisotopic (exact) mass is 432 g/mol. The molecule has 158 valence electrons. The second-order valence-corrected chi connectivity index (χ2v) is 6.76. The van der Waals surface area contributed by atoms with Crippen LogP contribution in [0.3, 0.4) is 0 Å². The molecule has 0 saturated heterocycles. The second kappa shape index (κ2) is 7.61. The lowest BCUT2D eigenvalue weighted by Gasteiger charge is -2.26. The van der Waals surface area contributed by atoms with E-state index < -0.39 is 34.5 Å². The molecule has 0 saturated carbocycles. The molecule has 4 aromatic rings. The molecule has 2 nitrogen and oxygen atoms in total. The van der Waals surface area contributed by atoms with Crippen molar-refractivity contribution in [1.82, 2.24) is 4.98 Å². The molecule has 0 aliphatic carbocycles. The Morgan fingerprint density at radius 1 is 0.581 bits per heavy atom. The Balaban J connectivity index is 1.97. The molecule has 0 unspecified atom stereocenters. The van der Waals surface area contributed by atoms with Crippen molar-refractivity contribution < 1.29 is 26.3 Å². The van der Waals surface area contributed by atoms with E-state index in [1.165, 1.54) is 12.1 Å². The summed E-state index contributed by atoms with van der Waals surface area (Å²) < 4.78 is 80.1. The fourth-order valence-electron chi connectivity index (χ4n) is 3.34. The Morgan fingerprint density at radius 2 is 1.13 bits per heavy atom. The summed E-state index contributed by atoms with van der Waals surface area (Å²) in [5.41, 5.74) is -1.59. The van der Waals surface area contributed by atoms with Crippen LogP contribution in [0.4, 0.5) is 43.4 Å². The molecule has 0 spiro atoms. The molecule has 0 radical (unpaired) electrons. The summed E-state index contributed by atoms with van der Waals surface area (Å²) in [6.45, 7) is 0. The fraction of sp³-hybridized carbons (Fsp3) is 0.0870. The van der Waals surface area contributed by atoms with Gasteiger partial charge in [-0.2, -0.15) is 26.3 Å². The lowest BCUT2D eigenvalue weighted by molar-refractivity contribution is -0.144. The number of nitrogens with zero attached hydrogens (tertiary/aromatic N) is 2. The molecule has 0 amide bonds. The summed E-state index contributed by atoms with van der Waals surface area (Å²) in [5.74, 6) is 0. The van der Waals surface area contributed by atoms with Crippen molar-refractivity contribution in [2.75, 3.05) is 4.90 Å². The van der Waals surface area contributed by atoms with Crippen LogP contribution in [0.15, 0.2) is 84.9 Å². The van der Waals surface area contributed by atoms with Gasteiger partial charge < -0.3 is 4.90 Å². The van der Waals surface area contributed by atoms with Crippen molar-refractivity contribution in [1.29, 1.82) is 0 Å². The van der Waals surface area contributed by atoms with Crippen LogP contribution in [0.2, 0.25) is 0 Å². The molecular weight excluding hydrogens is 418 g/mol. The van der Waals surface area contributed by atoms with E-state index in [-0.39, 0.29) is 6.07 Å². The Bertz CT molecular complexity index is 1160. The van der Waals surface area contributed by atoms with E-state index in [0.29, 0.717) is 17.1 Å². The van der Waals surface area contributed by atoms with Crippen LogP contribution in [0, 0.1) is 0 Å². The summed E-state index contributed by atoms with van der Waals surface area (Å²) in [7, 11) is 0. The normalized spacial score (nSPS) is 12.2. The van der Waals surface area contributed by atoms with Crippen LogP contribution in [0.1, 0.15) is 11.3 Å². The molecule has 31 heavy (non-hydrogen) atoms. The lowest BCUT2D eigenvalue weighted by Crippen LogP contribution is -2.14. The molecule has 0 N–H and O–H groups in total. The third-order valence-electron chi connectivity index (χ3n) is 4.68. The minimum atomic E-state index is -5.01. The van der Waals surface area contributed by atoms with E-state index in [1.807, 2.05) is 0 Å². The van der Waals surface area contributed by atoms with Crippen LogP contribution in [0.25, 0.3) is 10.9 Å². The van der Waals surface area contributed by atoms with Crippen LogP contribution in [-0.4, -0.2) is 4.98 Å². The van der Waals surface area contributed by atoms with Gasteiger partial charge in [0.25, 0.3) is 0 Å². The summed E-state index contributed by atoms with van der Waals surface area (Å²) in [5, 5.41) is -0.398. The second-order valence-electron chi connectivity index (χ2n) is 6.76. The molecule has 0 aliphatic heterocycles. The summed E-state index contributed by atoms with van der Waals surface area (Å²) in [6.07, 6.45) is -9.97. The van der Waals surface area contributed by atoms with E-state index in [0.717, 1.165) is 6.07 Å². The Hall–Kier alpha value is -3.55. The van der Waals surface area contributed by atoms with Gasteiger partial charge in [-0.15, -0.1) is 0 Å². The highest BCUT2D eigenvalue weighted by Gasteiger charge is 2.39. The van der Waals surface area contributed by atoms with Crippen molar-refractivity contribution in [3.05, 3.63) is 96.2 Å². The highest BCUT2D eigenvalue weighted by molar-refractivity contribution is 5.89. The van der Waals surface area contributed by atoms with Gasteiger partial charge in [-0.1, -0.05) is 42.5 Å². The first kappa shape index (κ1) is 20.7. The minimum absolute atomic E-state index is 0.0498. The molecule has 0 aliphatic rings. The maximum absolute atomic E-state index is 13.5. The molecule has 0 atom stereocenters. The summed E-state index contributed by atoms with van der Waals surface area (Å²) in [4.78, 5) is 5.23. The average molecular weight is 432 g/mol. The largest absolute Gasteiger partial charge is 0.433 e. The smallest absolute Gasteiger partial charge is 0.310 e. The van der Waals surface area contributed by atoms with Gasteiger partial charge in [0.05, 0.1) is 11.1 Å². The first-order valence-corrected chi connectivity index (χ1v) is 9.14. The van der Waals surface area contributed by atoms with E-state index >= 15 is 0 Å². The third kappa shape index (κ3) is 4.19. The number of benzene rings is 3. The van der Waals surface area contributed by atoms with Crippen molar-refractivity contribution in [3.8, 4) is 0 Å². The van der Waals surface area contributed by atoms with E-state index in [2.05, 4.69) is 4.98 Å². The highest BCUT2D eigenvalue weighted by atomic mass is 19.4. The van der Waals surface area contributed by atoms with Crippen molar-refractivity contribution in [2.24, 2.45) is 0 Å². The molecule has 4 rings (SSSR count). The number of rotatable bonds is 3. The third-order valence-corrected chi connectivity index (χ3v) is 4.68. The fourth-order valence-corrected chi connectivity index (χ4v) is 3.34. The number of fused-ring (bicyclic) bond motifs is 1. The number of para-hydroxylation sites is 2. The first-order chi connectivity index (χ1) is 14.6. The molecular formula is C23H14F6N2. The highest BCUT2D eigenvalue weighted by Crippen LogP contribution is 2.41. The van der Waals surface area contributed by atoms with Gasteiger partial charge >= 0.3 is 12.4 Å². The van der Waals surface area contributed by atoms with E-state index in [1.54, 1.807) is 65.6 Å². The average Bonchev–Trinajstić information content (AvgIpc) is 2.73. The maximum atomic E-state index is 13.5. The van der Waals surface area contributed by atoms with Crippen molar-refractivity contribution in [2.45, 2.75) is 12.4 Å². The Morgan fingerprint density at radius 3 is 1.61 bits per heavy atom. The van der Waals surface area contributed by atoms with Crippen molar-refractivity contribution >= 4 is 28.0 Å². The van der Waals surface area contributed by atoms with Gasteiger partial charge in [0, 0.05) is 22.4 Å². The number of hydrogen-bond donors (Lipinski definition) is 0. The molecule has 1 heterocycles. The molecule has 8 heteroatoms. The zero-order valence-electron chi connectivity index (χ0n) is 15.7. The first-order valence-electron chi connectivity index (χ1n) is 9.14. The van der Waals surface area contributed by atoms with Gasteiger partial charge in [-0.25, -0.2) is 4.98 Å². The van der Waals surface area contributed by atoms with E-state index in [9.17, 15) is 26.3 Å². The number of alkyl halides is 6. The van der Waals surface area contributed by atoms with Crippen LogP contribution in [-0.2, 0) is 12.4 Å². The molecule has 3 aromatic carbocycles. The van der Waals surface area contributed by atoms with E-state index in [4.69, 9.17) is 0 Å². The number of hydrogen-bond acceptors (Lipinski definition) is 2. The van der Waals surface area contributed by atoms with Crippen LogP contribution >= 0.6 is 0 Å². The number of halogens is 6. The number of aromatic nitrogens is 1. The Labute approximate surface area is 173 Å². The summed E-state index contributed by atoms with van der Waals surface area (Å²) in [6, 6.07) is 21.8. The SMILES string of the molecule is FC(F)(F)c1cc(C(F)(F)F)c2ccc(N(c3ccccc3)c3ccccc3)cc2n1. The van der Waals surface area contributed by atoms with Gasteiger partial charge in [0.1, 0.15) is 5.69 Å². The van der Waals surface area contributed by atoms with Gasteiger partial charge in [-0.3, -0.25) is 0 Å². The lowest BCUT2D eigenvalue weighted by atomic mass is 10.1. The predicted octanol–water partition coefficient (Wildman–Crippen LogP) is 7.74. The van der Waals surface area contributed by atoms with Crippen LogP contribution in [0.5, 0.6) is 0 Å². The zero-order chi connectivity index (χ0) is 22.2. The number of anilines is 3. The Kier molecular flexibility index (Phi) is 5.08. The molecule has 0 fully saturated rings. The minimum Gasteiger partial charge on any atom is -0.310 e. The number of pyridine rings is 1. The van der Waals surface area contributed by atoms with Gasteiger partial charge in [-0.05, 0) is 42.5 Å².